The second-order valence-corrected chi connectivity index (χ2v) is 9.40. The van der Waals surface area contributed by atoms with Crippen LogP contribution in [-0.4, -0.2) is 98.8 Å². The Balaban J connectivity index is 0.00000380. The van der Waals surface area contributed by atoms with Crippen LogP contribution >= 0.6 is 23.1 Å². The van der Waals surface area contributed by atoms with Gasteiger partial charge in [0, 0.05) is 16.7 Å². The molecule has 20 heteroatoms. The minimum Gasteiger partial charge on any atom is -0.504 e. The second-order valence-electron chi connectivity index (χ2n) is 7.36. The molecule has 2 aromatic rings. The zero-order chi connectivity index (χ0) is 26.1. The van der Waals surface area contributed by atoms with Crippen LogP contribution < -0.4 is 11.1 Å². The number of hydrogen-bond acceptors (Lipinski definition) is 12. The number of aromatic nitrogens is 1. The monoisotopic (exact) mass is 607 g/mol. The molecule has 2 aliphatic rings. The number of fused-ring (bicyclic) bond motifs is 1. The lowest BCUT2D eigenvalue weighted by Gasteiger charge is -2.48. The number of carbonyl (C=O) groups excluding carboxylic acids is 2. The van der Waals surface area contributed by atoms with Crippen molar-refractivity contribution in [3.05, 3.63) is 46.6 Å². The SMILES string of the molecule is Nc1nc(/C(=N/O[C@H](C(=O)O)c2ccc(O)c(O)c2)C(=O)N[C@@H]2C(=O)N3C(C(=O)O)=CCS[C@H]23)cs1.O.O.O.O. The number of thiazole rings is 1. The van der Waals surface area contributed by atoms with Crippen molar-refractivity contribution in [2.45, 2.75) is 17.5 Å². The zero-order valence-electron chi connectivity index (χ0n) is 19.9. The Labute approximate surface area is 231 Å². The predicted molar refractivity (Wildman–Crippen MR) is 139 cm³/mol. The summed E-state index contributed by atoms with van der Waals surface area (Å²) in [7, 11) is 0. The summed E-state index contributed by atoms with van der Waals surface area (Å²) in [6.07, 6.45) is -0.390. The lowest BCUT2D eigenvalue weighted by molar-refractivity contribution is -0.151. The fraction of sp³-hybridized carbons (Fsp3) is 0.200. The largest absolute Gasteiger partial charge is 0.504 e. The maximum Gasteiger partial charge on any atom is 0.352 e. The third kappa shape index (κ3) is 6.74. The number of nitrogens with one attached hydrogen (secondary N) is 1. The summed E-state index contributed by atoms with van der Waals surface area (Å²) in [5.74, 6) is -5.13. The van der Waals surface area contributed by atoms with Gasteiger partial charge in [-0.05, 0) is 18.2 Å². The number of aliphatic carboxylic acids is 2. The van der Waals surface area contributed by atoms with Gasteiger partial charge in [0.2, 0.25) is 6.10 Å². The van der Waals surface area contributed by atoms with E-state index < -0.39 is 58.5 Å². The highest BCUT2D eigenvalue weighted by atomic mass is 32.2. The first kappa shape index (κ1) is 35.5. The number of nitrogens with zero attached hydrogens (tertiary/aromatic N) is 3. The van der Waals surface area contributed by atoms with E-state index in [-0.39, 0.29) is 44.0 Å². The molecule has 1 aromatic heterocycles. The van der Waals surface area contributed by atoms with E-state index in [1.807, 2.05) is 0 Å². The van der Waals surface area contributed by atoms with E-state index in [0.717, 1.165) is 28.4 Å². The predicted octanol–water partition coefficient (Wildman–Crippen LogP) is -3.25. The molecule has 1 saturated heterocycles. The van der Waals surface area contributed by atoms with Crippen molar-refractivity contribution in [3.8, 4) is 11.5 Å². The number of nitrogens with two attached hydrogens (primary N) is 1. The highest BCUT2D eigenvalue weighted by Crippen LogP contribution is 2.37. The van der Waals surface area contributed by atoms with Gasteiger partial charge in [0.05, 0.1) is 0 Å². The Morgan fingerprint density at radius 3 is 2.38 bits per heavy atom. The van der Waals surface area contributed by atoms with Crippen LogP contribution in [0.1, 0.15) is 17.4 Å². The van der Waals surface area contributed by atoms with E-state index in [2.05, 4.69) is 15.5 Å². The zero-order valence-corrected chi connectivity index (χ0v) is 21.5. The maximum atomic E-state index is 13.1. The van der Waals surface area contributed by atoms with Crippen molar-refractivity contribution in [2.24, 2.45) is 5.16 Å². The molecule has 40 heavy (non-hydrogen) atoms. The summed E-state index contributed by atoms with van der Waals surface area (Å²) < 4.78 is 0. The van der Waals surface area contributed by atoms with Crippen LogP contribution in [0.3, 0.4) is 0 Å². The molecule has 3 atom stereocenters. The van der Waals surface area contributed by atoms with Crippen molar-refractivity contribution >= 4 is 57.7 Å². The summed E-state index contributed by atoms with van der Waals surface area (Å²) in [5, 5.41) is 44.9. The summed E-state index contributed by atoms with van der Waals surface area (Å²) in [6, 6.07) is 2.12. The van der Waals surface area contributed by atoms with Crippen molar-refractivity contribution in [3.63, 3.8) is 0 Å². The van der Waals surface area contributed by atoms with Gasteiger partial charge < -0.3 is 58.2 Å². The second kappa shape index (κ2) is 14.1. The van der Waals surface area contributed by atoms with Gasteiger partial charge in [-0.2, -0.15) is 0 Å². The number of anilines is 1. The van der Waals surface area contributed by atoms with Crippen LogP contribution in [0.25, 0.3) is 0 Å². The summed E-state index contributed by atoms with van der Waals surface area (Å²) >= 11 is 2.22. The van der Waals surface area contributed by atoms with Gasteiger partial charge in [0.1, 0.15) is 22.8 Å². The first-order valence-corrected chi connectivity index (χ1v) is 11.9. The van der Waals surface area contributed by atoms with Crippen molar-refractivity contribution in [1.82, 2.24) is 15.2 Å². The fourth-order valence-corrected chi connectivity index (χ4v) is 5.15. The number of benzene rings is 1. The van der Waals surface area contributed by atoms with Crippen LogP contribution in [0.2, 0.25) is 0 Å². The molecule has 220 valence electrons. The number of thioether (sulfide) groups is 1. The van der Waals surface area contributed by atoms with Crippen molar-refractivity contribution < 1.29 is 66.3 Å². The van der Waals surface area contributed by atoms with Gasteiger partial charge in [-0.25, -0.2) is 14.6 Å². The van der Waals surface area contributed by atoms with Gasteiger partial charge in [-0.15, -0.1) is 23.1 Å². The molecule has 15 N–H and O–H groups in total. The highest BCUT2D eigenvalue weighted by molar-refractivity contribution is 8.00. The highest BCUT2D eigenvalue weighted by Gasteiger charge is 2.53. The Morgan fingerprint density at radius 1 is 1.15 bits per heavy atom. The number of carboxylic acid groups (broad SMARTS) is 2. The molecule has 0 radical (unpaired) electrons. The first-order chi connectivity index (χ1) is 17.1. The molecular formula is C20H25N5O13S2. The Kier molecular flexibility index (Phi) is 12.5. The molecule has 1 fully saturated rings. The van der Waals surface area contributed by atoms with Gasteiger partial charge >= 0.3 is 11.9 Å². The number of phenolic OH excluding ortho intramolecular Hbond substituents is 2. The number of phenols is 2. The van der Waals surface area contributed by atoms with Crippen molar-refractivity contribution in [2.75, 3.05) is 11.5 Å². The van der Waals surface area contributed by atoms with Crippen LogP contribution in [0.15, 0.2) is 40.5 Å². The number of aromatic hydroxyl groups is 2. The number of oxime groups is 1. The van der Waals surface area contributed by atoms with Gasteiger partial charge in [-0.3, -0.25) is 14.5 Å². The Hall–Kier alpha value is -4.47. The van der Waals surface area contributed by atoms with E-state index in [1.54, 1.807) is 0 Å². The molecule has 2 amide bonds. The van der Waals surface area contributed by atoms with Crippen LogP contribution in [0, 0.1) is 0 Å². The van der Waals surface area contributed by atoms with Crippen LogP contribution in [0.4, 0.5) is 5.13 Å². The quantitative estimate of drug-likeness (QED) is 0.0745. The Morgan fingerprint density at radius 2 is 1.82 bits per heavy atom. The topological polar surface area (TPSA) is 351 Å². The van der Waals surface area contributed by atoms with E-state index >= 15 is 0 Å². The van der Waals surface area contributed by atoms with E-state index in [9.17, 15) is 39.6 Å². The van der Waals surface area contributed by atoms with Crippen LogP contribution in [0.5, 0.6) is 11.5 Å². The minimum absolute atomic E-state index is 0. The molecule has 2 aliphatic heterocycles. The summed E-state index contributed by atoms with van der Waals surface area (Å²) in [6.45, 7) is 0. The molecular weight excluding hydrogens is 582 g/mol. The molecule has 1 aromatic carbocycles. The summed E-state index contributed by atoms with van der Waals surface area (Å²) in [4.78, 5) is 58.9. The minimum atomic E-state index is -1.78. The lowest BCUT2D eigenvalue weighted by atomic mass is 10.0. The number of rotatable bonds is 8. The average molecular weight is 608 g/mol. The third-order valence-corrected chi connectivity index (χ3v) is 6.97. The van der Waals surface area contributed by atoms with E-state index in [0.29, 0.717) is 5.75 Å². The smallest absolute Gasteiger partial charge is 0.352 e. The molecule has 3 heterocycles. The molecule has 0 saturated carbocycles. The number of hydrogen-bond donors (Lipinski definition) is 6. The van der Waals surface area contributed by atoms with E-state index in [1.165, 1.54) is 29.3 Å². The molecule has 0 unspecified atom stereocenters. The molecule has 0 bridgehead atoms. The fourth-order valence-electron chi connectivity index (χ4n) is 3.41. The first-order valence-electron chi connectivity index (χ1n) is 9.97. The lowest BCUT2D eigenvalue weighted by Crippen LogP contribution is -2.70. The van der Waals surface area contributed by atoms with Gasteiger partial charge in [0.25, 0.3) is 11.8 Å². The Bertz CT molecular complexity index is 1330. The third-order valence-electron chi connectivity index (χ3n) is 5.11. The van der Waals surface area contributed by atoms with Gasteiger partial charge in [0.15, 0.2) is 22.3 Å². The standard InChI is InChI=1S/C20H17N5O9S2.4H2O/c21-20-22-8(6-36-20)12(24-34-14(19(32)33)7-1-2-10(26)11(27)5-7)15(28)23-13-16(29)25-9(18(30)31)3-4-35-17(13)25;;;;/h1-3,5-6,13-14,17,26-27H,4H2,(H2,21,22)(H,23,28)(H,30,31)(H,32,33);4*1H2/b24-12-;;;;/t13-,14+,17-;;;;/m1..../s1. The molecule has 0 aliphatic carbocycles. The normalized spacial score (nSPS) is 18.0. The molecule has 4 rings (SSSR count). The van der Waals surface area contributed by atoms with Crippen LogP contribution in [-0.2, 0) is 24.0 Å². The number of β-lactam (4-membered cyclic amide) rings is 1. The molecule has 18 nitrogen and oxygen atoms in total. The van der Waals surface area contributed by atoms with Crippen molar-refractivity contribution in [1.29, 1.82) is 0 Å². The molecule has 0 spiro atoms. The average Bonchev–Trinajstić information content (AvgIpc) is 3.26. The number of carboxylic acids is 2. The summed E-state index contributed by atoms with van der Waals surface area (Å²) in [5.41, 5.74) is 4.83. The van der Waals surface area contributed by atoms with Gasteiger partial charge in [-0.1, -0.05) is 11.2 Å². The van der Waals surface area contributed by atoms with E-state index in [4.69, 9.17) is 10.6 Å². The maximum absolute atomic E-state index is 13.1. The number of carbonyl (C=O) groups is 4. The number of nitrogen functional groups attached to an aromatic ring is 1. The number of amides is 2.